The fourth-order valence-electron chi connectivity index (χ4n) is 9.95. The molecular weight excluding hydrogens is 1790 g/mol. The molecule has 10 rings (SSSR count). The van der Waals surface area contributed by atoms with Gasteiger partial charge in [-0.05, 0) is 226 Å². The van der Waals surface area contributed by atoms with E-state index in [0.29, 0.717) is 74.2 Å². The minimum atomic E-state index is -3.22. The van der Waals surface area contributed by atoms with Gasteiger partial charge in [-0.2, -0.15) is 0 Å². The van der Waals surface area contributed by atoms with E-state index >= 15 is 0 Å². The molecule has 9 aromatic rings. The van der Waals surface area contributed by atoms with Crippen LogP contribution in [-0.4, -0.2) is 164 Å². The molecule has 6 aromatic heterocycles. The summed E-state index contributed by atoms with van der Waals surface area (Å²) in [7, 11) is -9.68. The molecule has 0 unspecified atom stereocenters. The van der Waals surface area contributed by atoms with Gasteiger partial charge in [0, 0.05) is 91.0 Å². The Morgan fingerprint density at radius 3 is 1.27 bits per heavy atom. The molecule has 22 nitrogen and oxygen atoms in total. The zero-order valence-corrected chi connectivity index (χ0v) is 75.4. The van der Waals surface area contributed by atoms with Gasteiger partial charge in [-0.1, -0.05) is 99.2 Å². The quantitative estimate of drug-likeness (QED) is 0.0348. The van der Waals surface area contributed by atoms with Crippen molar-refractivity contribution in [2.24, 2.45) is 0 Å². The first-order valence-corrected chi connectivity index (χ1v) is 44.9. The van der Waals surface area contributed by atoms with Crippen LogP contribution < -0.4 is 10.1 Å². The Bertz CT molecular complexity index is 5000. The summed E-state index contributed by atoms with van der Waals surface area (Å²) in [6.45, 7) is 36.6. The number of halogens is 6. The third kappa shape index (κ3) is 32.7. The van der Waals surface area contributed by atoms with Crippen molar-refractivity contribution < 1.29 is 86.0 Å². The number of hydrogen-bond acceptors (Lipinski definition) is 19. The predicted octanol–water partition coefficient (Wildman–Crippen LogP) is 17.7. The van der Waals surface area contributed by atoms with Crippen molar-refractivity contribution in [2.45, 2.75) is 193 Å². The monoisotopic (exact) mass is 1890 g/mol. The van der Waals surface area contributed by atoms with Crippen LogP contribution in [0.2, 0.25) is 0 Å². The minimum absolute atomic E-state index is 0.0142. The highest BCUT2D eigenvalue weighted by molar-refractivity contribution is 14.1. The van der Waals surface area contributed by atoms with Gasteiger partial charge in [0.05, 0.1) is 56.4 Å². The summed E-state index contributed by atoms with van der Waals surface area (Å²) >= 11 is 8.03. The summed E-state index contributed by atoms with van der Waals surface area (Å²) in [4.78, 5) is 50.0. The van der Waals surface area contributed by atoms with Crippen LogP contribution in [0.15, 0.2) is 127 Å². The summed E-state index contributed by atoms with van der Waals surface area (Å²) < 4.78 is 150. The molecule has 1 aliphatic rings. The molecule has 0 amide bonds. The second kappa shape index (κ2) is 41.2. The molecule has 111 heavy (non-hydrogen) atoms. The highest BCUT2D eigenvalue weighted by atomic mass is 127. The van der Waals surface area contributed by atoms with Gasteiger partial charge in [0.2, 0.25) is 0 Å². The molecule has 1 aliphatic heterocycles. The average Bonchev–Trinajstić information content (AvgIpc) is 1.64. The number of benzene rings is 3. The van der Waals surface area contributed by atoms with Gasteiger partial charge in [-0.3, -0.25) is 19.1 Å². The first-order valence-electron chi connectivity index (χ1n) is 35.4. The number of ether oxygens (including phenoxy) is 3. The fourth-order valence-corrected chi connectivity index (χ4v) is 12.2. The SMILES string of the molecule is CC(C)(C)OC(=O)n1c(O[B]O)cc2c(-c3cc(F)cc(CCS(C)(=O)=O)c3)nccc21.CC(C)(C)OC(=O)n1ccc2c(-c3cc(F)cc(CCS(C)(=O)=O)c3)nccc21.CC(C)(C)OC(=O)n1ccc2c(Br)nccc21.CC(C)I.CC(C)I.CC1(C)OB(c2cc(F)cc(CCS(C)(=O)=O)c2)OC1(C)C.CCC. The number of pyridine rings is 3. The summed E-state index contributed by atoms with van der Waals surface area (Å²) in [6.07, 6.45) is 11.6. The summed E-state index contributed by atoms with van der Waals surface area (Å²) in [6, 6.07) is 23.1. The third-order valence-corrected chi connectivity index (χ3v) is 18.5. The van der Waals surface area contributed by atoms with Gasteiger partial charge >= 0.3 is 33.1 Å². The average molecular weight is 1890 g/mol. The van der Waals surface area contributed by atoms with Crippen LogP contribution in [0.3, 0.4) is 0 Å². The standard InChI is InChI=1S/C21H23BFN2O6S.C21H23FN2O4S.C15H22BFO4S.C12H13BrN2O2.2C3H7I.C3H8/c1-21(2,3)30-20(26)25-17-5-7-24-19(16(17)12-18(25)31-22-27)14-9-13(10-15(23)11-14)6-8-32(4,28)29;1-21(2,3)28-20(25)24-9-6-17-18(24)5-8-23-19(17)15-11-14(12-16(22)13-15)7-10-29(4,26)27;1-14(2)15(3,4)21-16(20-14)12-8-11(9-13(17)10-12)6-7-22(5,18)19;1-12(2,3)17-11(16)15-7-5-8-9(15)4-6-14-10(8)13;2*1-3(2)4;1-3-2/h5,7,9-12,27H,6,8H2,1-4H3;5-6,8-9,11-13H,7,10H2,1-4H3;8-10H,6-7H2,1-5H3;4-7H,1-3H3;2*3H,1-2H3;3H2,1-2H3. The first kappa shape index (κ1) is 96.9. The number of aryl methyl sites for hydroxylation is 3. The number of rotatable bonds is 14. The normalized spacial score (nSPS) is 13.3. The number of alkyl halides is 2. The number of nitrogens with zero attached hydrogens (tertiary/aromatic N) is 6. The second-order valence-corrected chi connectivity index (χ2v) is 43.1. The van der Waals surface area contributed by atoms with E-state index in [9.17, 15) is 52.8 Å². The maximum atomic E-state index is 14.3. The number of carbonyl (C=O) groups is 3. The molecular formula is C78H103B2BrF3I2N6O16S3. The summed E-state index contributed by atoms with van der Waals surface area (Å²) in [5, 5.41) is 11.1. The Balaban J connectivity index is 0.000000304. The van der Waals surface area contributed by atoms with Crippen molar-refractivity contribution >= 4 is 162 Å². The molecule has 3 aromatic carbocycles. The number of carbonyl (C=O) groups excluding carboxylic acids is 3. The van der Waals surface area contributed by atoms with Crippen LogP contribution >= 0.6 is 61.1 Å². The van der Waals surface area contributed by atoms with E-state index in [4.69, 9.17) is 33.2 Å². The Kier molecular flexibility index (Phi) is 36.0. The van der Waals surface area contributed by atoms with Crippen molar-refractivity contribution in [3.63, 3.8) is 0 Å². The van der Waals surface area contributed by atoms with Gasteiger partial charge < -0.3 is 33.2 Å². The van der Waals surface area contributed by atoms with Gasteiger partial charge in [0.1, 0.15) is 68.4 Å². The van der Waals surface area contributed by atoms with Crippen LogP contribution in [0.5, 0.6) is 5.88 Å². The molecule has 1 saturated heterocycles. The predicted molar refractivity (Wildman–Crippen MR) is 458 cm³/mol. The Morgan fingerprint density at radius 1 is 0.541 bits per heavy atom. The van der Waals surface area contributed by atoms with Gasteiger partial charge in [-0.25, -0.2) is 62.4 Å². The zero-order valence-electron chi connectivity index (χ0n) is 67.1. The number of fused-ring (bicyclic) bond motifs is 3. The molecule has 607 valence electrons. The molecule has 1 radical (unpaired) electrons. The lowest BCUT2D eigenvalue weighted by molar-refractivity contribution is 0.00578. The fraction of sp³-hybridized carbons (Fsp3) is 0.462. The van der Waals surface area contributed by atoms with E-state index in [1.807, 2.05) is 54.5 Å². The lowest BCUT2D eigenvalue weighted by Crippen LogP contribution is -2.41. The van der Waals surface area contributed by atoms with Crippen molar-refractivity contribution in [1.82, 2.24) is 28.7 Å². The van der Waals surface area contributed by atoms with Crippen molar-refractivity contribution in [3.05, 3.63) is 161 Å². The van der Waals surface area contributed by atoms with Crippen LogP contribution in [0.25, 0.3) is 55.2 Å². The third-order valence-electron chi connectivity index (χ3n) is 15.1. The molecule has 0 bridgehead atoms. The van der Waals surface area contributed by atoms with E-state index in [0.717, 1.165) is 40.4 Å². The maximum absolute atomic E-state index is 14.3. The van der Waals surface area contributed by atoms with E-state index < -0.39 is 94.3 Å². The lowest BCUT2D eigenvalue weighted by atomic mass is 9.78. The molecule has 7 heterocycles. The van der Waals surface area contributed by atoms with Crippen molar-refractivity contribution in [3.8, 4) is 28.4 Å². The van der Waals surface area contributed by atoms with Crippen LogP contribution in [-0.2, 0) is 72.3 Å². The smallest absolute Gasteiger partial charge is 0.524 e. The summed E-state index contributed by atoms with van der Waals surface area (Å²) in [5.41, 5.74) is 2.85. The number of hydrogen-bond donors (Lipinski definition) is 1. The molecule has 0 atom stereocenters. The lowest BCUT2D eigenvalue weighted by Gasteiger charge is -2.32. The largest absolute Gasteiger partial charge is 0.570 e. The molecule has 1 fully saturated rings. The highest BCUT2D eigenvalue weighted by Gasteiger charge is 2.52. The molecule has 0 saturated carbocycles. The van der Waals surface area contributed by atoms with Gasteiger partial charge in [0.25, 0.3) is 0 Å². The van der Waals surface area contributed by atoms with E-state index in [-0.39, 0.29) is 48.5 Å². The van der Waals surface area contributed by atoms with Crippen LogP contribution in [0.1, 0.15) is 155 Å². The van der Waals surface area contributed by atoms with Crippen LogP contribution in [0.4, 0.5) is 27.6 Å². The topological polar surface area (TPSA) is 283 Å². The van der Waals surface area contributed by atoms with Gasteiger partial charge in [0.15, 0.2) is 5.88 Å². The Hall–Kier alpha value is -6.47. The van der Waals surface area contributed by atoms with E-state index in [2.05, 4.69) is 118 Å². The van der Waals surface area contributed by atoms with Crippen molar-refractivity contribution in [2.75, 3.05) is 36.0 Å². The van der Waals surface area contributed by atoms with Gasteiger partial charge in [-0.15, -0.1) is 0 Å². The van der Waals surface area contributed by atoms with Crippen LogP contribution in [0, 0.1) is 17.5 Å². The number of aromatic nitrogens is 6. The second-order valence-electron chi connectivity index (χ2n) is 30.6. The Morgan fingerprint density at radius 2 is 0.883 bits per heavy atom. The minimum Gasteiger partial charge on any atom is -0.524 e. The molecule has 1 N–H and O–H groups in total. The first-order chi connectivity index (χ1) is 51.0. The molecule has 0 spiro atoms. The van der Waals surface area contributed by atoms with Crippen molar-refractivity contribution in [1.29, 1.82) is 0 Å². The van der Waals surface area contributed by atoms with E-state index in [1.54, 1.807) is 109 Å². The Labute approximate surface area is 689 Å². The summed E-state index contributed by atoms with van der Waals surface area (Å²) in [5.74, 6) is -1.65. The highest BCUT2D eigenvalue weighted by Crippen LogP contribution is 2.38. The number of sulfone groups is 3. The zero-order chi connectivity index (χ0) is 84.3. The molecule has 0 aliphatic carbocycles. The van der Waals surface area contributed by atoms with E-state index in [1.165, 1.54) is 70.5 Å². The molecule has 33 heteroatoms. The maximum Gasteiger partial charge on any atom is 0.570 e.